The first-order valence-corrected chi connectivity index (χ1v) is 8.17. The highest BCUT2D eigenvalue weighted by molar-refractivity contribution is 7.80. The van der Waals surface area contributed by atoms with Gasteiger partial charge < -0.3 is 21.3 Å². The van der Waals surface area contributed by atoms with E-state index in [2.05, 4.69) is 59.2 Å². The molecular weight excluding hydrogens is 332 g/mol. The zero-order chi connectivity index (χ0) is 16.4. The van der Waals surface area contributed by atoms with Crippen molar-refractivity contribution >= 4 is 55.6 Å². The number of carbonyl (C=O) groups is 3. The van der Waals surface area contributed by atoms with Crippen LogP contribution in [0.3, 0.4) is 0 Å². The predicted octanol–water partition coefficient (Wildman–Crippen LogP) is -1.92. The van der Waals surface area contributed by atoms with Crippen LogP contribution in [0.15, 0.2) is 0 Å². The summed E-state index contributed by atoms with van der Waals surface area (Å²) in [7, 11) is 3.09. The van der Waals surface area contributed by atoms with Crippen molar-refractivity contribution in [2.75, 3.05) is 31.4 Å². The fraction of sp³-hybridized carbons (Fsp3) is 0.727. The summed E-state index contributed by atoms with van der Waals surface area (Å²) in [6, 6.07) is -2.12. The summed E-state index contributed by atoms with van der Waals surface area (Å²) in [6.07, 6.45) is 0. The Morgan fingerprint density at radius 1 is 0.762 bits per heavy atom. The van der Waals surface area contributed by atoms with Gasteiger partial charge in [-0.15, -0.1) is 0 Å². The van der Waals surface area contributed by atoms with Gasteiger partial charge in [0.05, 0.1) is 6.04 Å². The van der Waals surface area contributed by atoms with E-state index in [1.807, 2.05) is 0 Å². The molecule has 0 aliphatic rings. The molecule has 3 amide bonds. The molecule has 3 atom stereocenters. The zero-order valence-electron chi connectivity index (χ0n) is 11.9. The zero-order valence-corrected chi connectivity index (χ0v) is 14.6. The number of hydrogen-bond acceptors (Lipinski definition) is 7. The molecule has 7 nitrogen and oxygen atoms in total. The Balaban J connectivity index is 4.68. The van der Waals surface area contributed by atoms with Crippen LogP contribution in [0.5, 0.6) is 0 Å². The van der Waals surface area contributed by atoms with E-state index >= 15 is 0 Å². The molecule has 10 heteroatoms. The van der Waals surface area contributed by atoms with Crippen LogP contribution in [0.25, 0.3) is 0 Å². The number of hydrogen-bond donors (Lipinski definition) is 7. The van der Waals surface area contributed by atoms with E-state index < -0.39 is 24.0 Å². The number of rotatable bonds is 9. The minimum absolute atomic E-state index is 0.105. The van der Waals surface area contributed by atoms with Crippen LogP contribution in [0.4, 0.5) is 0 Å². The van der Waals surface area contributed by atoms with Gasteiger partial charge in [-0.1, -0.05) is 0 Å². The van der Waals surface area contributed by atoms with Crippen molar-refractivity contribution in [1.82, 2.24) is 21.3 Å². The summed E-state index contributed by atoms with van der Waals surface area (Å²) < 4.78 is 0. The molecule has 0 spiro atoms. The maximum absolute atomic E-state index is 12.1. The van der Waals surface area contributed by atoms with Gasteiger partial charge in [0.1, 0.15) is 12.1 Å². The van der Waals surface area contributed by atoms with Crippen molar-refractivity contribution in [2.45, 2.75) is 18.1 Å². The summed E-state index contributed by atoms with van der Waals surface area (Å²) in [5.74, 6) is -0.659. The molecule has 0 bridgehead atoms. The molecule has 0 fully saturated rings. The number of likely N-dealkylation sites (N-methyl/N-ethyl adjacent to an activating group) is 2. The first kappa shape index (κ1) is 20.4. The molecule has 0 radical (unpaired) electrons. The first-order valence-electron chi connectivity index (χ1n) is 6.27. The Morgan fingerprint density at radius 2 is 1.14 bits per heavy atom. The molecule has 4 N–H and O–H groups in total. The van der Waals surface area contributed by atoms with E-state index in [-0.39, 0.29) is 23.3 Å². The van der Waals surface area contributed by atoms with Crippen molar-refractivity contribution in [3.05, 3.63) is 0 Å². The van der Waals surface area contributed by atoms with E-state index in [0.29, 0.717) is 5.75 Å². The summed E-state index contributed by atoms with van der Waals surface area (Å²) >= 11 is 12.1. The minimum Gasteiger partial charge on any atom is -0.357 e. The highest BCUT2D eigenvalue weighted by Gasteiger charge is 2.26. The largest absolute Gasteiger partial charge is 0.357 e. The van der Waals surface area contributed by atoms with Crippen LogP contribution < -0.4 is 21.3 Å². The third kappa shape index (κ3) is 6.81. The quantitative estimate of drug-likeness (QED) is 0.246. The average molecular weight is 355 g/mol. The molecule has 0 saturated heterocycles. The van der Waals surface area contributed by atoms with Crippen LogP contribution in [0, 0.1) is 0 Å². The first-order chi connectivity index (χ1) is 9.94. The van der Waals surface area contributed by atoms with Crippen molar-refractivity contribution in [1.29, 1.82) is 0 Å². The molecule has 0 saturated carbocycles. The normalized spacial score (nSPS) is 14.7. The molecule has 21 heavy (non-hydrogen) atoms. The lowest BCUT2D eigenvalue weighted by molar-refractivity contribution is -0.131. The second kappa shape index (κ2) is 11.0. The molecule has 0 heterocycles. The Labute approximate surface area is 141 Å². The summed E-state index contributed by atoms with van der Waals surface area (Å²) in [5.41, 5.74) is 0. The van der Waals surface area contributed by atoms with Gasteiger partial charge in [-0.25, -0.2) is 0 Å². The smallest absolute Gasteiger partial charge is 0.244 e. The third-order valence-electron chi connectivity index (χ3n) is 2.73. The van der Waals surface area contributed by atoms with Gasteiger partial charge in [0.15, 0.2) is 0 Å². The fourth-order valence-corrected chi connectivity index (χ4v) is 2.27. The lowest BCUT2D eigenvalue weighted by Crippen LogP contribution is -2.57. The number of thiol groups is 3. The Morgan fingerprint density at radius 3 is 1.48 bits per heavy atom. The minimum atomic E-state index is -0.844. The van der Waals surface area contributed by atoms with Gasteiger partial charge in [-0.2, -0.15) is 37.9 Å². The molecule has 0 aromatic rings. The van der Waals surface area contributed by atoms with Crippen LogP contribution >= 0.6 is 37.9 Å². The number of nitrogens with one attached hydrogen (secondary N) is 4. The van der Waals surface area contributed by atoms with Gasteiger partial charge in [0, 0.05) is 24.3 Å². The standard InChI is InChI=1S/C11H22N4O3S3/c1-12-6(3-19)10(17)15-8(5-21)11(18)14-7(4-20)9(16)13-2/h6-8,12,19-21H,3-5H2,1-2H3,(H,13,16)(H,14,18)(H,15,17)/t6-,7-,8-/m0/s1. The molecular formula is C11H22N4O3S3. The topological polar surface area (TPSA) is 99.3 Å². The molecule has 0 unspecified atom stereocenters. The SMILES string of the molecule is CNC(=O)[C@H](CS)NC(=O)[C@H](CS)NC(=O)[C@H](CS)NC. The third-order valence-corrected chi connectivity index (χ3v) is 3.82. The fourth-order valence-electron chi connectivity index (χ4n) is 1.41. The molecule has 0 aliphatic heterocycles. The highest BCUT2D eigenvalue weighted by atomic mass is 32.1. The van der Waals surface area contributed by atoms with Crippen LogP contribution in [0.2, 0.25) is 0 Å². The second-order valence-electron chi connectivity index (χ2n) is 4.13. The Hall–Kier alpha value is -0.580. The summed E-state index contributed by atoms with van der Waals surface area (Å²) in [4.78, 5) is 35.5. The van der Waals surface area contributed by atoms with E-state index in [4.69, 9.17) is 0 Å². The second-order valence-corrected chi connectivity index (χ2v) is 5.22. The molecule has 0 aromatic heterocycles. The van der Waals surface area contributed by atoms with Crippen LogP contribution in [0.1, 0.15) is 0 Å². The molecule has 0 aliphatic carbocycles. The van der Waals surface area contributed by atoms with Gasteiger partial charge in [0.25, 0.3) is 0 Å². The maximum atomic E-state index is 12.1. The van der Waals surface area contributed by atoms with Gasteiger partial charge in [-0.3, -0.25) is 14.4 Å². The van der Waals surface area contributed by atoms with Crippen LogP contribution in [-0.4, -0.2) is 67.2 Å². The maximum Gasteiger partial charge on any atom is 0.244 e. The number of amides is 3. The van der Waals surface area contributed by atoms with Crippen molar-refractivity contribution in [3.8, 4) is 0 Å². The van der Waals surface area contributed by atoms with Gasteiger partial charge in [0.2, 0.25) is 17.7 Å². The number of carbonyl (C=O) groups excluding carboxylic acids is 3. The Kier molecular flexibility index (Phi) is 10.7. The van der Waals surface area contributed by atoms with E-state index in [1.54, 1.807) is 7.05 Å². The van der Waals surface area contributed by atoms with Crippen molar-refractivity contribution in [2.24, 2.45) is 0 Å². The molecule has 0 aromatic carbocycles. The molecule has 0 rings (SSSR count). The van der Waals surface area contributed by atoms with E-state index in [0.717, 1.165) is 0 Å². The predicted molar refractivity (Wildman–Crippen MR) is 92.3 cm³/mol. The van der Waals surface area contributed by atoms with E-state index in [1.165, 1.54) is 7.05 Å². The monoisotopic (exact) mass is 354 g/mol. The van der Waals surface area contributed by atoms with E-state index in [9.17, 15) is 14.4 Å². The van der Waals surface area contributed by atoms with Crippen LogP contribution in [-0.2, 0) is 14.4 Å². The summed E-state index contributed by atoms with van der Waals surface area (Å²) in [5, 5.41) is 10.3. The van der Waals surface area contributed by atoms with Gasteiger partial charge in [-0.05, 0) is 7.05 Å². The van der Waals surface area contributed by atoms with Gasteiger partial charge >= 0.3 is 0 Å². The lowest BCUT2D eigenvalue weighted by Gasteiger charge is -2.22. The summed E-state index contributed by atoms with van der Waals surface area (Å²) in [6.45, 7) is 0. The Bertz CT molecular complexity index is 367. The van der Waals surface area contributed by atoms with Crippen molar-refractivity contribution in [3.63, 3.8) is 0 Å². The van der Waals surface area contributed by atoms with Crippen molar-refractivity contribution < 1.29 is 14.4 Å². The molecule has 122 valence electrons. The average Bonchev–Trinajstić information content (AvgIpc) is 2.50. The lowest BCUT2D eigenvalue weighted by atomic mass is 10.2. The highest BCUT2D eigenvalue weighted by Crippen LogP contribution is 1.96.